The van der Waals surface area contributed by atoms with Crippen LogP contribution in [0.5, 0.6) is 11.5 Å². The van der Waals surface area contributed by atoms with E-state index in [-0.39, 0.29) is 17.8 Å². The summed E-state index contributed by atoms with van der Waals surface area (Å²) in [4.78, 5) is 13.8. The number of rotatable bonds is 5. The first-order valence-corrected chi connectivity index (χ1v) is 10.8. The SMILES string of the molecule is COc1ccc(CC2CCN(C(=O)OC(C)(C)C)CC2)cc1OS(=O)(=O)C(F)(F)F. The summed E-state index contributed by atoms with van der Waals surface area (Å²) in [6.45, 7) is 6.38. The molecule has 1 aliphatic heterocycles. The van der Waals surface area contributed by atoms with Crippen LogP contribution in [-0.4, -0.2) is 50.7 Å². The Morgan fingerprint density at radius 2 is 1.73 bits per heavy atom. The molecule has 0 radical (unpaired) electrons. The number of alkyl halides is 3. The number of carbonyl (C=O) groups is 1. The van der Waals surface area contributed by atoms with Crippen LogP contribution < -0.4 is 8.92 Å². The van der Waals surface area contributed by atoms with Gasteiger partial charge in [0, 0.05) is 13.1 Å². The van der Waals surface area contributed by atoms with Gasteiger partial charge in [-0.15, -0.1) is 0 Å². The smallest absolute Gasteiger partial charge is 0.493 e. The second-order valence-corrected chi connectivity index (χ2v) is 9.62. The predicted octanol–water partition coefficient (Wildman–Crippen LogP) is 4.11. The van der Waals surface area contributed by atoms with Crippen LogP contribution in [0.3, 0.4) is 0 Å². The zero-order chi connectivity index (χ0) is 22.7. The molecule has 0 N–H and O–H groups in total. The van der Waals surface area contributed by atoms with Gasteiger partial charge in [-0.3, -0.25) is 0 Å². The lowest BCUT2D eigenvalue weighted by Crippen LogP contribution is -2.42. The monoisotopic (exact) mass is 453 g/mol. The molecule has 1 aromatic rings. The molecule has 1 fully saturated rings. The third kappa shape index (κ3) is 6.41. The average Bonchev–Trinajstić information content (AvgIpc) is 2.60. The first-order chi connectivity index (χ1) is 13.7. The van der Waals surface area contributed by atoms with Crippen molar-refractivity contribution in [3.05, 3.63) is 23.8 Å². The van der Waals surface area contributed by atoms with E-state index >= 15 is 0 Å². The first-order valence-electron chi connectivity index (χ1n) is 9.37. The number of benzene rings is 1. The van der Waals surface area contributed by atoms with Crippen molar-refractivity contribution in [2.45, 2.75) is 51.1 Å². The number of likely N-dealkylation sites (tertiary alicyclic amines) is 1. The largest absolute Gasteiger partial charge is 0.534 e. The van der Waals surface area contributed by atoms with Crippen molar-refractivity contribution < 1.29 is 40.0 Å². The van der Waals surface area contributed by atoms with Crippen molar-refractivity contribution in [3.8, 4) is 11.5 Å². The van der Waals surface area contributed by atoms with Gasteiger partial charge in [0.1, 0.15) is 5.60 Å². The van der Waals surface area contributed by atoms with E-state index in [1.54, 1.807) is 31.7 Å². The highest BCUT2D eigenvalue weighted by molar-refractivity contribution is 7.88. The average molecular weight is 453 g/mol. The Bertz CT molecular complexity index is 856. The Kier molecular flexibility index (Phi) is 7.16. The highest BCUT2D eigenvalue weighted by Gasteiger charge is 2.49. The first kappa shape index (κ1) is 24.1. The van der Waals surface area contributed by atoms with E-state index in [9.17, 15) is 26.4 Å². The molecule has 0 atom stereocenters. The molecular formula is C19H26F3NO6S. The van der Waals surface area contributed by atoms with Crippen LogP contribution in [0, 0.1) is 5.92 Å². The van der Waals surface area contributed by atoms with Gasteiger partial charge in [0.15, 0.2) is 11.5 Å². The molecule has 11 heteroatoms. The Morgan fingerprint density at radius 1 is 1.13 bits per heavy atom. The number of halogens is 3. The van der Waals surface area contributed by atoms with Crippen molar-refractivity contribution >= 4 is 16.2 Å². The summed E-state index contributed by atoms with van der Waals surface area (Å²) in [5.41, 5.74) is -5.51. The summed E-state index contributed by atoms with van der Waals surface area (Å²) >= 11 is 0. The summed E-state index contributed by atoms with van der Waals surface area (Å²) in [6, 6.07) is 4.25. The predicted molar refractivity (Wildman–Crippen MR) is 103 cm³/mol. The molecule has 170 valence electrons. The number of ether oxygens (including phenoxy) is 2. The molecule has 7 nitrogen and oxygen atoms in total. The number of carbonyl (C=O) groups excluding carboxylic acids is 1. The van der Waals surface area contributed by atoms with Gasteiger partial charge in [0.2, 0.25) is 0 Å². The number of nitrogens with zero attached hydrogens (tertiary/aromatic N) is 1. The minimum atomic E-state index is -5.80. The standard InChI is InChI=1S/C19H26F3NO6S/c1-18(2,3)28-17(24)23-9-7-13(8-10-23)11-14-5-6-15(27-4)16(12-14)29-30(25,26)19(20,21)22/h5-6,12-13H,7-11H2,1-4H3. The minimum absolute atomic E-state index is 0.119. The Morgan fingerprint density at radius 3 is 2.23 bits per heavy atom. The molecule has 30 heavy (non-hydrogen) atoms. The fourth-order valence-corrected chi connectivity index (χ4v) is 3.52. The summed E-state index contributed by atoms with van der Waals surface area (Å²) in [5, 5.41) is 0. The number of amides is 1. The highest BCUT2D eigenvalue weighted by atomic mass is 32.2. The number of hydrogen-bond donors (Lipinski definition) is 0. The summed E-state index contributed by atoms with van der Waals surface area (Å²) in [7, 11) is -4.60. The third-order valence-electron chi connectivity index (χ3n) is 4.50. The molecule has 1 aliphatic rings. The quantitative estimate of drug-likeness (QED) is 0.493. The molecule has 0 aliphatic carbocycles. The van der Waals surface area contributed by atoms with Crippen LogP contribution >= 0.6 is 0 Å². The minimum Gasteiger partial charge on any atom is -0.493 e. The maximum Gasteiger partial charge on any atom is 0.534 e. The lowest BCUT2D eigenvalue weighted by Gasteiger charge is -2.33. The topological polar surface area (TPSA) is 82.1 Å². The van der Waals surface area contributed by atoms with Gasteiger partial charge >= 0.3 is 21.7 Å². The van der Waals surface area contributed by atoms with Crippen LogP contribution in [-0.2, 0) is 21.3 Å². The molecular weight excluding hydrogens is 427 g/mol. The van der Waals surface area contributed by atoms with Crippen molar-refractivity contribution in [1.29, 1.82) is 0 Å². The van der Waals surface area contributed by atoms with E-state index in [0.717, 1.165) is 0 Å². The van der Waals surface area contributed by atoms with Crippen molar-refractivity contribution in [1.82, 2.24) is 4.90 Å². The molecule has 1 saturated heterocycles. The van der Waals surface area contributed by atoms with Crippen LogP contribution in [0.15, 0.2) is 18.2 Å². The Balaban J connectivity index is 2.04. The number of hydrogen-bond acceptors (Lipinski definition) is 6. The Labute approximate surface area is 174 Å². The fraction of sp³-hybridized carbons (Fsp3) is 0.632. The molecule has 0 spiro atoms. The maximum absolute atomic E-state index is 12.6. The fourth-order valence-electron chi connectivity index (χ4n) is 3.06. The molecule has 0 unspecified atom stereocenters. The zero-order valence-electron chi connectivity index (χ0n) is 17.3. The van der Waals surface area contributed by atoms with Crippen molar-refractivity contribution in [3.63, 3.8) is 0 Å². The molecule has 1 aromatic carbocycles. The van der Waals surface area contributed by atoms with E-state index in [1.165, 1.54) is 19.2 Å². The van der Waals surface area contributed by atoms with Gasteiger partial charge in [0.05, 0.1) is 7.11 Å². The summed E-state index contributed by atoms with van der Waals surface area (Å²) < 4.78 is 75.1. The summed E-state index contributed by atoms with van der Waals surface area (Å²) in [6.07, 6.45) is 1.48. The maximum atomic E-state index is 12.6. The van der Waals surface area contributed by atoms with Gasteiger partial charge in [0.25, 0.3) is 0 Å². The van der Waals surface area contributed by atoms with E-state index in [1.807, 2.05) is 0 Å². The molecule has 0 aromatic heterocycles. The van der Waals surface area contributed by atoms with E-state index in [0.29, 0.717) is 37.9 Å². The van der Waals surface area contributed by atoms with Gasteiger partial charge in [-0.05, 0) is 63.6 Å². The molecule has 2 rings (SSSR count). The van der Waals surface area contributed by atoms with Gasteiger partial charge in [-0.1, -0.05) is 6.07 Å². The van der Waals surface area contributed by atoms with Gasteiger partial charge in [-0.25, -0.2) is 4.79 Å². The van der Waals surface area contributed by atoms with Crippen LogP contribution in [0.4, 0.5) is 18.0 Å². The molecule has 1 heterocycles. The molecule has 1 amide bonds. The van der Waals surface area contributed by atoms with Gasteiger partial charge < -0.3 is 18.6 Å². The van der Waals surface area contributed by atoms with E-state index < -0.39 is 27.0 Å². The molecule has 0 bridgehead atoms. The van der Waals surface area contributed by atoms with Crippen LogP contribution in [0.2, 0.25) is 0 Å². The lowest BCUT2D eigenvalue weighted by molar-refractivity contribution is -0.0500. The van der Waals surface area contributed by atoms with Crippen LogP contribution in [0.25, 0.3) is 0 Å². The number of methoxy groups -OCH3 is 1. The van der Waals surface area contributed by atoms with Crippen molar-refractivity contribution in [2.24, 2.45) is 5.92 Å². The zero-order valence-corrected chi connectivity index (χ0v) is 18.1. The second kappa shape index (κ2) is 8.91. The number of piperidine rings is 1. The van der Waals surface area contributed by atoms with E-state index in [4.69, 9.17) is 9.47 Å². The van der Waals surface area contributed by atoms with Crippen molar-refractivity contribution in [2.75, 3.05) is 20.2 Å². The van der Waals surface area contributed by atoms with Gasteiger partial charge in [-0.2, -0.15) is 21.6 Å². The Hall–Kier alpha value is -2.17. The molecule has 0 saturated carbocycles. The van der Waals surface area contributed by atoms with E-state index in [2.05, 4.69) is 4.18 Å². The highest BCUT2D eigenvalue weighted by Crippen LogP contribution is 2.35. The third-order valence-corrected chi connectivity index (χ3v) is 5.47. The van der Waals surface area contributed by atoms with Crippen LogP contribution in [0.1, 0.15) is 39.2 Å². The normalized spacial score (nSPS) is 16.3. The summed E-state index contributed by atoms with van der Waals surface area (Å²) in [5.74, 6) is -0.464. The second-order valence-electron chi connectivity index (χ2n) is 8.08. The lowest BCUT2D eigenvalue weighted by atomic mass is 9.90.